The number of nitrogens with zero attached hydrogens (tertiary/aromatic N) is 3. The highest BCUT2D eigenvalue weighted by Crippen LogP contribution is 2.43. The number of amides is 1. The Labute approximate surface area is 136 Å². The first-order valence-electron chi connectivity index (χ1n) is 7.36. The number of halogens is 3. The van der Waals surface area contributed by atoms with Gasteiger partial charge in [-0.15, -0.1) is 0 Å². The molecular weight excluding hydrogens is 358 g/mol. The average molecular weight is 377 g/mol. The van der Waals surface area contributed by atoms with Crippen LogP contribution in [-0.4, -0.2) is 46.1 Å². The number of carbonyl (C=O) groups is 1. The van der Waals surface area contributed by atoms with Gasteiger partial charge in [-0.05, 0) is 28.8 Å². The molecule has 1 amide bonds. The summed E-state index contributed by atoms with van der Waals surface area (Å²) in [7, 11) is 1.78. The monoisotopic (exact) mass is 376 g/mol. The Morgan fingerprint density at radius 1 is 1.45 bits per heavy atom. The van der Waals surface area contributed by atoms with Crippen LogP contribution in [0.3, 0.4) is 0 Å². The minimum Gasteiger partial charge on any atom is -0.356 e. The zero-order valence-corrected chi connectivity index (χ0v) is 14.0. The SMILES string of the molecule is Cn1ncc(Br)c1CN1CC(F)(F)C[C@@]2(CCCNC2=O)C1. The maximum Gasteiger partial charge on any atom is 0.261 e. The van der Waals surface area contributed by atoms with Crippen molar-refractivity contribution in [3.05, 3.63) is 16.4 Å². The molecular formula is C14H19BrF2N4O. The number of alkyl halides is 2. The molecule has 0 bridgehead atoms. The fraction of sp³-hybridized carbons (Fsp3) is 0.714. The largest absolute Gasteiger partial charge is 0.356 e. The van der Waals surface area contributed by atoms with Crippen molar-refractivity contribution in [3.8, 4) is 0 Å². The highest BCUT2D eigenvalue weighted by molar-refractivity contribution is 9.10. The second kappa shape index (κ2) is 5.56. The fourth-order valence-corrected chi connectivity index (χ4v) is 4.08. The Morgan fingerprint density at radius 3 is 2.86 bits per heavy atom. The third kappa shape index (κ3) is 2.90. The van der Waals surface area contributed by atoms with E-state index in [0.717, 1.165) is 16.6 Å². The van der Waals surface area contributed by atoms with E-state index < -0.39 is 11.3 Å². The Kier molecular flexibility index (Phi) is 4.01. The first-order valence-corrected chi connectivity index (χ1v) is 8.16. The van der Waals surface area contributed by atoms with Crippen LogP contribution in [0.4, 0.5) is 8.78 Å². The van der Waals surface area contributed by atoms with Crippen LogP contribution in [0.5, 0.6) is 0 Å². The highest BCUT2D eigenvalue weighted by Gasteiger charge is 2.53. The van der Waals surface area contributed by atoms with Crippen molar-refractivity contribution >= 4 is 21.8 Å². The van der Waals surface area contributed by atoms with E-state index >= 15 is 0 Å². The number of aromatic nitrogens is 2. The molecule has 1 N–H and O–H groups in total. The number of rotatable bonds is 2. The highest BCUT2D eigenvalue weighted by atomic mass is 79.9. The molecule has 0 aromatic carbocycles. The summed E-state index contributed by atoms with van der Waals surface area (Å²) in [5.74, 6) is -3.08. The van der Waals surface area contributed by atoms with Gasteiger partial charge in [0.1, 0.15) is 0 Å². The second-order valence-electron chi connectivity index (χ2n) is 6.38. The van der Waals surface area contributed by atoms with Gasteiger partial charge in [-0.1, -0.05) is 0 Å². The Bertz CT molecular complexity index is 572. The molecule has 0 radical (unpaired) electrons. The summed E-state index contributed by atoms with van der Waals surface area (Å²) in [4.78, 5) is 13.9. The maximum absolute atomic E-state index is 14.2. The van der Waals surface area contributed by atoms with Crippen molar-refractivity contribution in [2.24, 2.45) is 12.5 Å². The molecule has 1 spiro atoms. The van der Waals surface area contributed by atoms with Gasteiger partial charge in [-0.3, -0.25) is 14.4 Å². The molecule has 1 aromatic heterocycles. The molecule has 8 heteroatoms. The fourth-order valence-electron chi connectivity index (χ4n) is 3.60. The van der Waals surface area contributed by atoms with E-state index in [1.807, 2.05) is 0 Å². The summed E-state index contributed by atoms with van der Waals surface area (Å²) in [5, 5.41) is 6.87. The summed E-state index contributed by atoms with van der Waals surface area (Å²) in [5.41, 5.74) is -0.130. The molecule has 5 nitrogen and oxygen atoms in total. The molecule has 22 heavy (non-hydrogen) atoms. The number of hydrogen-bond acceptors (Lipinski definition) is 3. The maximum atomic E-state index is 14.2. The van der Waals surface area contributed by atoms with Crippen LogP contribution >= 0.6 is 15.9 Å². The molecule has 2 aliphatic heterocycles. The van der Waals surface area contributed by atoms with Crippen molar-refractivity contribution in [1.29, 1.82) is 0 Å². The number of hydrogen-bond donors (Lipinski definition) is 1. The van der Waals surface area contributed by atoms with Crippen molar-refractivity contribution in [2.75, 3.05) is 19.6 Å². The van der Waals surface area contributed by atoms with Gasteiger partial charge in [0.2, 0.25) is 5.91 Å². The first kappa shape index (κ1) is 15.9. The third-order valence-corrected chi connectivity index (χ3v) is 5.22. The number of nitrogens with one attached hydrogen (secondary N) is 1. The summed E-state index contributed by atoms with van der Waals surface area (Å²) < 4.78 is 30.9. The number of aryl methyl sites for hydroxylation is 1. The van der Waals surface area contributed by atoms with Crippen LogP contribution in [-0.2, 0) is 18.4 Å². The van der Waals surface area contributed by atoms with E-state index in [1.165, 1.54) is 0 Å². The standard InChI is InChI=1S/C14H19BrF2N4O/c1-20-11(10(15)5-19-20)6-21-8-13(7-14(16,17)9-21)3-2-4-18-12(13)22/h5H,2-4,6-9H2,1H3,(H,18,22)/t13-/m0/s1. The van der Waals surface area contributed by atoms with Gasteiger partial charge >= 0.3 is 0 Å². The molecule has 0 saturated carbocycles. The number of likely N-dealkylation sites (tertiary alicyclic amines) is 1. The van der Waals surface area contributed by atoms with E-state index in [-0.39, 0.29) is 18.9 Å². The zero-order chi connectivity index (χ0) is 16.0. The third-order valence-electron chi connectivity index (χ3n) is 4.56. The van der Waals surface area contributed by atoms with Crippen molar-refractivity contribution < 1.29 is 13.6 Å². The lowest BCUT2D eigenvalue weighted by atomic mass is 9.72. The molecule has 122 valence electrons. The van der Waals surface area contributed by atoms with E-state index in [4.69, 9.17) is 0 Å². The Hall–Kier alpha value is -1.02. The predicted molar refractivity (Wildman–Crippen MR) is 80.4 cm³/mol. The lowest BCUT2D eigenvalue weighted by molar-refractivity contribution is -0.158. The lowest BCUT2D eigenvalue weighted by Crippen LogP contribution is -2.60. The molecule has 2 saturated heterocycles. The van der Waals surface area contributed by atoms with Crippen LogP contribution in [0.1, 0.15) is 25.0 Å². The van der Waals surface area contributed by atoms with Crippen LogP contribution in [0.15, 0.2) is 10.7 Å². The predicted octanol–water partition coefficient (Wildman–Crippen LogP) is 1.92. The summed E-state index contributed by atoms with van der Waals surface area (Å²) in [6, 6.07) is 0. The molecule has 0 unspecified atom stereocenters. The van der Waals surface area contributed by atoms with Gasteiger partial charge in [-0.25, -0.2) is 8.78 Å². The molecule has 2 fully saturated rings. The van der Waals surface area contributed by atoms with E-state index in [0.29, 0.717) is 26.1 Å². The number of carbonyl (C=O) groups excluding carboxylic acids is 1. The zero-order valence-electron chi connectivity index (χ0n) is 12.4. The Balaban J connectivity index is 1.84. The van der Waals surface area contributed by atoms with Crippen LogP contribution in [0, 0.1) is 5.41 Å². The van der Waals surface area contributed by atoms with Gasteiger partial charge in [0, 0.05) is 33.1 Å². The van der Waals surface area contributed by atoms with Crippen LogP contribution < -0.4 is 5.32 Å². The van der Waals surface area contributed by atoms with Crippen molar-refractivity contribution in [3.63, 3.8) is 0 Å². The topological polar surface area (TPSA) is 50.2 Å². The second-order valence-corrected chi connectivity index (χ2v) is 7.23. The van der Waals surface area contributed by atoms with Gasteiger partial charge in [-0.2, -0.15) is 5.10 Å². The van der Waals surface area contributed by atoms with Crippen molar-refractivity contribution in [1.82, 2.24) is 20.0 Å². The Morgan fingerprint density at radius 2 is 2.23 bits per heavy atom. The minimum atomic E-state index is -2.85. The van der Waals surface area contributed by atoms with Gasteiger partial charge < -0.3 is 5.32 Å². The van der Waals surface area contributed by atoms with Crippen LogP contribution in [0.2, 0.25) is 0 Å². The quantitative estimate of drug-likeness (QED) is 0.857. The molecule has 1 atom stereocenters. The van der Waals surface area contributed by atoms with E-state index in [2.05, 4.69) is 26.3 Å². The molecule has 1 aromatic rings. The minimum absolute atomic E-state index is 0.229. The van der Waals surface area contributed by atoms with Gasteiger partial charge in [0.05, 0.1) is 28.3 Å². The van der Waals surface area contributed by atoms with Crippen LogP contribution in [0.25, 0.3) is 0 Å². The normalized spacial score (nSPS) is 28.8. The van der Waals surface area contributed by atoms with E-state index in [9.17, 15) is 13.6 Å². The molecule has 2 aliphatic rings. The van der Waals surface area contributed by atoms with Crippen molar-refractivity contribution in [2.45, 2.75) is 31.7 Å². The molecule has 3 heterocycles. The first-order chi connectivity index (χ1) is 10.3. The molecule has 0 aliphatic carbocycles. The average Bonchev–Trinajstić information content (AvgIpc) is 2.72. The molecule has 3 rings (SSSR count). The lowest BCUT2D eigenvalue weighted by Gasteiger charge is -2.46. The van der Waals surface area contributed by atoms with E-state index in [1.54, 1.807) is 22.8 Å². The summed E-state index contributed by atoms with van der Waals surface area (Å²) >= 11 is 3.40. The van der Waals surface area contributed by atoms with Gasteiger partial charge in [0.15, 0.2) is 0 Å². The summed E-state index contributed by atoms with van der Waals surface area (Å²) in [6.45, 7) is 0.979. The smallest absolute Gasteiger partial charge is 0.261 e. The number of piperidine rings is 2. The van der Waals surface area contributed by atoms with Gasteiger partial charge in [0.25, 0.3) is 5.92 Å². The summed E-state index contributed by atoms with van der Waals surface area (Å²) in [6.07, 6.45) is 2.58.